The summed E-state index contributed by atoms with van der Waals surface area (Å²) in [6.45, 7) is 2.86. The molecular formula is C22H22O10. The molecule has 2 aromatic carbocycles. The van der Waals surface area contributed by atoms with Gasteiger partial charge in [0.1, 0.15) is 41.3 Å². The van der Waals surface area contributed by atoms with Crippen LogP contribution in [0.4, 0.5) is 0 Å². The summed E-state index contributed by atoms with van der Waals surface area (Å²) >= 11 is 0. The Kier molecular flexibility index (Phi) is 5.33. The molecule has 10 nitrogen and oxygen atoms in total. The largest absolute Gasteiger partial charge is 0.508 e. The number of ketones is 2. The number of aliphatic hydroxyl groups is 3. The van der Waals surface area contributed by atoms with Crippen LogP contribution in [0.2, 0.25) is 0 Å². The average molecular weight is 446 g/mol. The third-order valence-electron chi connectivity index (χ3n) is 5.85. The van der Waals surface area contributed by atoms with E-state index in [4.69, 9.17) is 14.2 Å². The van der Waals surface area contributed by atoms with E-state index in [0.29, 0.717) is 0 Å². The number of carbonyl (C=O) groups is 2. The molecule has 2 aromatic rings. The van der Waals surface area contributed by atoms with Gasteiger partial charge in [0.25, 0.3) is 0 Å². The first-order valence-corrected chi connectivity index (χ1v) is 9.80. The van der Waals surface area contributed by atoms with E-state index < -0.39 is 48.0 Å². The highest BCUT2D eigenvalue weighted by Gasteiger charge is 2.44. The number of phenols is 2. The molecule has 10 heteroatoms. The molecule has 0 spiro atoms. The summed E-state index contributed by atoms with van der Waals surface area (Å²) in [5.41, 5.74) is -0.851. The van der Waals surface area contributed by atoms with Crippen LogP contribution in [0.15, 0.2) is 18.2 Å². The number of carbonyl (C=O) groups excluding carboxylic acids is 2. The standard InChI is InChI=1S/C22H22O10/c1-7-10(23)6-9-13(16(7)24)19(27)15-12(5-4-11(30-3)14(15)18(9)26)32-22-21(29)20(28)17(25)8(2)31-22/h4-6,8,17,20-25,28-29H,1-3H3. The Bertz CT molecular complexity index is 1120. The fourth-order valence-electron chi connectivity index (χ4n) is 3.94. The van der Waals surface area contributed by atoms with Gasteiger partial charge in [0.2, 0.25) is 12.1 Å². The van der Waals surface area contributed by atoms with Crippen molar-refractivity contribution in [3.63, 3.8) is 0 Å². The molecule has 4 rings (SSSR count). The number of hydrogen-bond donors (Lipinski definition) is 5. The van der Waals surface area contributed by atoms with Crippen molar-refractivity contribution >= 4 is 11.6 Å². The van der Waals surface area contributed by atoms with Gasteiger partial charge in [0, 0.05) is 11.1 Å². The maximum Gasteiger partial charge on any atom is 0.229 e. The maximum absolute atomic E-state index is 13.4. The van der Waals surface area contributed by atoms with Crippen molar-refractivity contribution in [3.8, 4) is 23.0 Å². The number of rotatable bonds is 3. The molecule has 1 saturated heterocycles. The van der Waals surface area contributed by atoms with Gasteiger partial charge in [-0.2, -0.15) is 0 Å². The Balaban J connectivity index is 1.85. The van der Waals surface area contributed by atoms with Crippen molar-refractivity contribution in [2.75, 3.05) is 7.11 Å². The minimum absolute atomic E-state index is 0.0238. The highest BCUT2D eigenvalue weighted by molar-refractivity contribution is 6.31. The minimum atomic E-state index is -1.65. The Hall–Kier alpha value is -3.18. The van der Waals surface area contributed by atoms with Crippen molar-refractivity contribution in [2.45, 2.75) is 44.6 Å². The van der Waals surface area contributed by atoms with Gasteiger partial charge in [0.15, 0.2) is 5.78 Å². The van der Waals surface area contributed by atoms with Gasteiger partial charge in [0.05, 0.1) is 29.9 Å². The highest BCUT2D eigenvalue weighted by Crippen LogP contribution is 2.44. The number of benzene rings is 2. The molecule has 5 unspecified atom stereocenters. The van der Waals surface area contributed by atoms with Gasteiger partial charge < -0.3 is 39.7 Å². The number of aliphatic hydroxyl groups excluding tert-OH is 3. The molecule has 2 aliphatic rings. The van der Waals surface area contributed by atoms with Crippen LogP contribution in [-0.4, -0.2) is 74.9 Å². The molecule has 0 radical (unpaired) electrons. The minimum Gasteiger partial charge on any atom is -0.508 e. The van der Waals surface area contributed by atoms with Crippen molar-refractivity contribution in [3.05, 3.63) is 46.0 Å². The lowest BCUT2D eigenvalue weighted by molar-refractivity contribution is -0.268. The Morgan fingerprint density at radius 1 is 0.906 bits per heavy atom. The topological polar surface area (TPSA) is 163 Å². The van der Waals surface area contributed by atoms with E-state index in [1.807, 2.05) is 0 Å². The van der Waals surface area contributed by atoms with Crippen molar-refractivity contribution in [2.24, 2.45) is 0 Å². The van der Waals surface area contributed by atoms with Gasteiger partial charge in [-0.3, -0.25) is 9.59 Å². The van der Waals surface area contributed by atoms with E-state index in [1.54, 1.807) is 0 Å². The molecule has 0 aromatic heterocycles. The van der Waals surface area contributed by atoms with Crippen molar-refractivity contribution in [1.82, 2.24) is 0 Å². The molecule has 1 aliphatic heterocycles. The zero-order valence-corrected chi connectivity index (χ0v) is 17.4. The lowest BCUT2D eigenvalue weighted by atomic mass is 9.81. The second-order valence-corrected chi connectivity index (χ2v) is 7.77. The van der Waals surface area contributed by atoms with E-state index in [-0.39, 0.29) is 45.1 Å². The van der Waals surface area contributed by atoms with Crippen LogP contribution < -0.4 is 9.47 Å². The summed E-state index contributed by atoms with van der Waals surface area (Å²) in [5.74, 6) is -2.43. The zero-order valence-electron chi connectivity index (χ0n) is 17.4. The van der Waals surface area contributed by atoms with E-state index in [0.717, 1.165) is 6.07 Å². The summed E-state index contributed by atoms with van der Waals surface area (Å²) in [6.07, 6.45) is -6.91. The van der Waals surface area contributed by atoms with Gasteiger partial charge in [-0.15, -0.1) is 0 Å². The van der Waals surface area contributed by atoms with E-state index in [1.165, 1.54) is 33.1 Å². The number of fused-ring (bicyclic) bond motifs is 2. The summed E-state index contributed by atoms with van der Waals surface area (Å²) in [5, 5.41) is 50.7. The Morgan fingerprint density at radius 3 is 2.19 bits per heavy atom. The number of phenolic OH excluding ortho intramolecular Hbond substituents is 2. The molecule has 1 heterocycles. The lowest BCUT2D eigenvalue weighted by Crippen LogP contribution is -2.58. The highest BCUT2D eigenvalue weighted by atomic mass is 16.7. The van der Waals surface area contributed by atoms with Gasteiger partial charge >= 0.3 is 0 Å². The van der Waals surface area contributed by atoms with Gasteiger partial charge in [-0.05, 0) is 32.0 Å². The predicted octanol–water partition coefficient (Wildman–Crippen LogP) is 0.397. The van der Waals surface area contributed by atoms with Crippen LogP contribution in [0.1, 0.15) is 44.3 Å². The van der Waals surface area contributed by atoms with Crippen LogP contribution in [-0.2, 0) is 4.74 Å². The van der Waals surface area contributed by atoms with Crippen LogP contribution in [0, 0.1) is 6.92 Å². The first kappa shape index (κ1) is 22.0. The lowest BCUT2D eigenvalue weighted by Gasteiger charge is -2.39. The molecule has 1 aliphatic carbocycles. The molecule has 0 bridgehead atoms. The molecule has 0 saturated carbocycles. The number of ether oxygens (including phenoxy) is 3. The van der Waals surface area contributed by atoms with Crippen molar-refractivity contribution in [1.29, 1.82) is 0 Å². The fraction of sp³-hybridized carbons (Fsp3) is 0.364. The quantitative estimate of drug-likeness (QED) is 0.380. The zero-order chi connectivity index (χ0) is 23.5. The first-order valence-electron chi connectivity index (χ1n) is 9.80. The predicted molar refractivity (Wildman–Crippen MR) is 107 cm³/mol. The molecule has 0 amide bonds. The van der Waals surface area contributed by atoms with E-state index in [9.17, 15) is 35.1 Å². The molecule has 5 N–H and O–H groups in total. The van der Waals surface area contributed by atoms with Crippen LogP contribution >= 0.6 is 0 Å². The molecule has 32 heavy (non-hydrogen) atoms. The monoisotopic (exact) mass is 446 g/mol. The normalized spacial score (nSPS) is 27.0. The first-order chi connectivity index (χ1) is 15.1. The summed E-state index contributed by atoms with van der Waals surface area (Å²) in [4.78, 5) is 26.6. The number of methoxy groups -OCH3 is 1. The average Bonchev–Trinajstić information content (AvgIpc) is 2.77. The Morgan fingerprint density at radius 2 is 1.53 bits per heavy atom. The third kappa shape index (κ3) is 3.11. The SMILES string of the molecule is COc1ccc(OC2OC(C)C(O)C(O)C2O)c2c1C(=O)c1cc(O)c(C)c(O)c1C2=O. The molecule has 1 fully saturated rings. The van der Waals surface area contributed by atoms with Gasteiger partial charge in [-0.25, -0.2) is 0 Å². The molecule has 5 atom stereocenters. The van der Waals surface area contributed by atoms with Crippen LogP contribution in [0.5, 0.6) is 23.0 Å². The third-order valence-corrected chi connectivity index (χ3v) is 5.85. The van der Waals surface area contributed by atoms with Crippen molar-refractivity contribution < 1.29 is 49.3 Å². The second-order valence-electron chi connectivity index (χ2n) is 7.77. The number of aromatic hydroxyl groups is 2. The second kappa shape index (κ2) is 7.75. The summed E-state index contributed by atoms with van der Waals surface area (Å²) < 4.78 is 16.3. The smallest absolute Gasteiger partial charge is 0.229 e. The van der Waals surface area contributed by atoms with Gasteiger partial charge in [-0.1, -0.05) is 0 Å². The maximum atomic E-state index is 13.4. The Labute approximate surface area is 182 Å². The van der Waals surface area contributed by atoms with E-state index >= 15 is 0 Å². The van der Waals surface area contributed by atoms with Crippen LogP contribution in [0.25, 0.3) is 0 Å². The number of hydrogen-bond acceptors (Lipinski definition) is 10. The summed E-state index contributed by atoms with van der Waals surface area (Å²) in [7, 11) is 1.31. The summed E-state index contributed by atoms with van der Waals surface area (Å²) in [6, 6.07) is 3.81. The fourth-order valence-corrected chi connectivity index (χ4v) is 3.94. The van der Waals surface area contributed by atoms with E-state index in [2.05, 4.69) is 0 Å². The molecule has 170 valence electrons. The molecular weight excluding hydrogens is 424 g/mol. The van der Waals surface area contributed by atoms with Crippen LogP contribution in [0.3, 0.4) is 0 Å².